The number of thioether (sulfide) groups is 1. The second-order valence-electron chi connectivity index (χ2n) is 5.20. The van der Waals surface area contributed by atoms with E-state index in [1.54, 1.807) is 30.3 Å². The Balaban J connectivity index is 1.41. The van der Waals surface area contributed by atoms with E-state index in [0.717, 1.165) is 4.90 Å². The maximum atomic E-state index is 12.8. The smallest absolute Gasteiger partial charge is 0.307 e. The fourth-order valence-corrected chi connectivity index (χ4v) is 2.99. The number of halogens is 1. The van der Waals surface area contributed by atoms with Crippen LogP contribution < -0.4 is 9.47 Å². The summed E-state index contributed by atoms with van der Waals surface area (Å²) >= 11 is 1.42. The van der Waals surface area contributed by atoms with Gasteiger partial charge < -0.3 is 14.2 Å². The van der Waals surface area contributed by atoms with Crippen LogP contribution in [0.4, 0.5) is 4.39 Å². The summed E-state index contributed by atoms with van der Waals surface area (Å²) in [6, 6.07) is 10.9. The van der Waals surface area contributed by atoms with E-state index in [1.807, 2.05) is 0 Å². The molecule has 0 saturated heterocycles. The van der Waals surface area contributed by atoms with Crippen LogP contribution in [0.1, 0.15) is 16.8 Å². The summed E-state index contributed by atoms with van der Waals surface area (Å²) in [6.07, 6.45) is 0.163. The summed E-state index contributed by atoms with van der Waals surface area (Å²) in [6.45, 7) is -0.187. The molecule has 2 aromatic carbocycles. The summed E-state index contributed by atoms with van der Waals surface area (Å²) in [4.78, 5) is 24.6. The number of fused-ring (bicyclic) bond motifs is 1. The Labute approximate surface area is 148 Å². The van der Waals surface area contributed by atoms with Crippen molar-refractivity contribution in [1.82, 2.24) is 0 Å². The highest BCUT2D eigenvalue weighted by atomic mass is 32.2. The molecule has 0 atom stereocenters. The third-order valence-corrected chi connectivity index (χ3v) is 4.46. The van der Waals surface area contributed by atoms with Gasteiger partial charge in [0.05, 0.1) is 6.42 Å². The molecule has 25 heavy (non-hydrogen) atoms. The molecule has 0 fully saturated rings. The van der Waals surface area contributed by atoms with Gasteiger partial charge >= 0.3 is 5.97 Å². The lowest BCUT2D eigenvalue weighted by Crippen LogP contribution is -2.14. The fourth-order valence-electron chi connectivity index (χ4n) is 2.15. The highest BCUT2D eigenvalue weighted by Crippen LogP contribution is 2.32. The number of ketones is 1. The molecular weight excluding hydrogens is 347 g/mol. The SMILES string of the molecule is O=C(CCSc1ccc(F)cc1)OCC(=O)c1ccc2c(c1)OCO2. The lowest BCUT2D eigenvalue weighted by Gasteiger charge is -2.05. The Morgan fingerprint density at radius 3 is 2.64 bits per heavy atom. The van der Waals surface area contributed by atoms with Crippen LogP contribution in [0, 0.1) is 5.82 Å². The second-order valence-corrected chi connectivity index (χ2v) is 6.37. The number of rotatable bonds is 7. The van der Waals surface area contributed by atoms with Gasteiger partial charge in [0.25, 0.3) is 0 Å². The number of esters is 1. The van der Waals surface area contributed by atoms with Gasteiger partial charge in [-0.1, -0.05) is 0 Å². The maximum absolute atomic E-state index is 12.8. The zero-order valence-corrected chi connectivity index (χ0v) is 14.0. The Kier molecular flexibility index (Phi) is 5.55. The molecule has 0 aliphatic carbocycles. The minimum Gasteiger partial charge on any atom is -0.457 e. The van der Waals surface area contributed by atoms with Gasteiger partial charge in [-0.05, 0) is 42.5 Å². The molecule has 1 heterocycles. The molecule has 1 aliphatic heterocycles. The van der Waals surface area contributed by atoms with E-state index in [0.29, 0.717) is 22.8 Å². The van der Waals surface area contributed by atoms with Crippen molar-refractivity contribution in [2.45, 2.75) is 11.3 Å². The predicted molar refractivity (Wildman–Crippen MR) is 89.6 cm³/mol. The zero-order chi connectivity index (χ0) is 17.6. The molecule has 0 bridgehead atoms. The Bertz CT molecular complexity index is 776. The molecule has 0 aromatic heterocycles. The van der Waals surface area contributed by atoms with Crippen molar-refractivity contribution >= 4 is 23.5 Å². The van der Waals surface area contributed by atoms with Crippen molar-refractivity contribution in [3.8, 4) is 11.5 Å². The van der Waals surface area contributed by atoms with Gasteiger partial charge in [0, 0.05) is 16.2 Å². The average Bonchev–Trinajstić information content (AvgIpc) is 3.09. The van der Waals surface area contributed by atoms with Crippen molar-refractivity contribution in [3.05, 3.63) is 53.8 Å². The third-order valence-electron chi connectivity index (χ3n) is 3.45. The standard InChI is InChI=1S/C18H15FO5S/c19-13-2-4-14(5-3-13)25-8-7-18(21)22-10-15(20)12-1-6-16-17(9-12)24-11-23-16/h1-6,9H,7-8,10-11H2. The monoisotopic (exact) mass is 362 g/mol. The van der Waals surface area contributed by atoms with Crippen LogP contribution in [0.15, 0.2) is 47.4 Å². The van der Waals surface area contributed by atoms with Crippen molar-refractivity contribution in [1.29, 1.82) is 0 Å². The molecule has 0 amide bonds. The average molecular weight is 362 g/mol. The molecule has 0 unspecified atom stereocenters. The third kappa shape index (κ3) is 4.73. The van der Waals surface area contributed by atoms with Crippen molar-refractivity contribution in [2.24, 2.45) is 0 Å². The largest absolute Gasteiger partial charge is 0.457 e. The number of benzene rings is 2. The van der Waals surface area contributed by atoms with E-state index in [1.165, 1.54) is 23.9 Å². The van der Waals surface area contributed by atoms with Crippen molar-refractivity contribution < 1.29 is 28.2 Å². The summed E-state index contributed by atoms with van der Waals surface area (Å²) < 4.78 is 28.2. The van der Waals surface area contributed by atoms with E-state index in [2.05, 4.69) is 0 Å². The number of ether oxygens (including phenoxy) is 3. The molecule has 0 radical (unpaired) electrons. The summed E-state index contributed by atoms with van der Waals surface area (Å²) in [7, 11) is 0. The highest BCUT2D eigenvalue weighted by Gasteiger charge is 2.17. The molecule has 5 nitrogen and oxygen atoms in total. The first-order valence-electron chi connectivity index (χ1n) is 7.58. The topological polar surface area (TPSA) is 61.8 Å². The lowest BCUT2D eigenvalue weighted by atomic mass is 10.1. The Hall–Kier alpha value is -2.54. The minimum atomic E-state index is -0.455. The number of hydrogen-bond donors (Lipinski definition) is 0. The van der Waals surface area contributed by atoms with E-state index in [4.69, 9.17) is 14.2 Å². The Morgan fingerprint density at radius 2 is 1.84 bits per heavy atom. The first-order valence-corrected chi connectivity index (χ1v) is 8.57. The van der Waals surface area contributed by atoms with Crippen LogP contribution in [0.3, 0.4) is 0 Å². The lowest BCUT2D eigenvalue weighted by molar-refractivity contribution is -0.141. The molecule has 3 rings (SSSR count). The van der Waals surface area contributed by atoms with Gasteiger partial charge in [-0.25, -0.2) is 4.39 Å². The predicted octanol–water partition coefficient (Wildman–Crippen LogP) is 3.46. The first-order chi connectivity index (χ1) is 12.1. The van der Waals surface area contributed by atoms with Crippen LogP contribution in [-0.4, -0.2) is 30.9 Å². The van der Waals surface area contributed by atoms with Gasteiger partial charge in [0.2, 0.25) is 6.79 Å². The van der Waals surface area contributed by atoms with E-state index >= 15 is 0 Å². The molecule has 0 saturated carbocycles. The zero-order valence-electron chi connectivity index (χ0n) is 13.2. The fraction of sp³-hybridized carbons (Fsp3) is 0.222. The Morgan fingerprint density at radius 1 is 1.08 bits per heavy atom. The van der Waals surface area contributed by atoms with Gasteiger partial charge in [-0.15, -0.1) is 11.8 Å². The molecule has 2 aromatic rings. The number of Topliss-reactive ketones (excluding diaryl/α,β-unsaturated/α-hetero) is 1. The van der Waals surface area contributed by atoms with E-state index in [-0.39, 0.29) is 31.4 Å². The normalized spacial score (nSPS) is 12.0. The summed E-state index contributed by atoms with van der Waals surface area (Å²) in [5.41, 5.74) is 0.401. The maximum Gasteiger partial charge on any atom is 0.307 e. The molecular formula is C18H15FO5S. The summed E-state index contributed by atoms with van der Waals surface area (Å²) in [5.74, 6) is 0.523. The molecule has 0 N–H and O–H groups in total. The molecule has 1 aliphatic rings. The number of carbonyl (C=O) groups is 2. The second kappa shape index (κ2) is 8.02. The van der Waals surface area contributed by atoms with Crippen LogP contribution in [0.5, 0.6) is 11.5 Å². The van der Waals surface area contributed by atoms with Crippen LogP contribution in [-0.2, 0) is 9.53 Å². The highest BCUT2D eigenvalue weighted by molar-refractivity contribution is 7.99. The quantitative estimate of drug-likeness (QED) is 0.427. The number of hydrogen-bond acceptors (Lipinski definition) is 6. The first kappa shape index (κ1) is 17.3. The van der Waals surface area contributed by atoms with Crippen LogP contribution >= 0.6 is 11.8 Å². The summed E-state index contributed by atoms with van der Waals surface area (Å²) in [5, 5.41) is 0. The van der Waals surface area contributed by atoms with E-state index in [9.17, 15) is 14.0 Å². The van der Waals surface area contributed by atoms with Gasteiger partial charge in [0.1, 0.15) is 5.82 Å². The van der Waals surface area contributed by atoms with E-state index < -0.39 is 5.97 Å². The van der Waals surface area contributed by atoms with Crippen LogP contribution in [0.2, 0.25) is 0 Å². The van der Waals surface area contributed by atoms with Crippen molar-refractivity contribution in [3.63, 3.8) is 0 Å². The van der Waals surface area contributed by atoms with Gasteiger partial charge in [0.15, 0.2) is 23.9 Å². The molecule has 0 spiro atoms. The molecule has 7 heteroatoms. The van der Waals surface area contributed by atoms with Crippen LogP contribution in [0.25, 0.3) is 0 Å². The molecule has 130 valence electrons. The van der Waals surface area contributed by atoms with Gasteiger partial charge in [-0.2, -0.15) is 0 Å². The number of carbonyl (C=O) groups excluding carboxylic acids is 2. The van der Waals surface area contributed by atoms with Gasteiger partial charge in [-0.3, -0.25) is 9.59 Å². The van der Waals surface area contributed by atoms with Crippen molar-refractivity contribution in [2.75, 3.05) is 19.2 Å². The minimum absolute atomic E-state index is 0.133.